The quantitative estimate of drug-likeness (QED) is 0.730. The molecule has 2 unspecified atom stereocenters. The summed E-state index contributed by atoms with van der Waals surface area (Å²) in [7, 11) is 0. The lowest BCUT2D eigenvalue weighted by Gasteiger charge is -2.16. The molecule has 92 valence electrons. The summed E-state index contributed by atoms with van der Waals surface area (Å²) < 4.78 is 0. The van der Waals surface area contributed by atoms with Gasteiger partial charge in [-0.25, -0.2) is 0 Å². The van der Waals surface area contributed by atoms with Crippen molar-refractivity contribution in [2.45, 2.75) is 25.8 Å². The van der Waals surface area contributed by atoms with Crippen molar-refractivity contribution in [1.29, 1.82) is 0 Å². The summed E-state index contributed by atoms with van der Waals surface area (Å²) in [4.78, 5) is 11.2. The van der Waals surface area contributed by atoms with Gasteiger partial charge in [0, 0.05) is 11.7 Å². The minimum Gasteiger partial charge on any atom is -0.330 e. The first-order valence-electron chi connectivity index (χ1n) is 5.98. The van der Waals surface area contributed by atoms with Crippen molar-refractivity contribution in [3.8, 4) is 0 Å². The van der Waals surface area contributed by atoms with Crippen LogP contribution in [0.3, 0.4) is 0 Å². The molecular formula is C13H19N3O. The van der Waals surface area contributed by atoms with Gasteiger partial charge in [-0.15, -0.1) is 0 Å². The largest absolute Gasteiger partial charge is 0.330 e. The molecule has 0 aliphatic carbocycles. The van der Waals surface area contributed by atoms with E-state index in [-0.39, 0.29) is 11.9 Å². The van der Waals surface area contributed by atoms with E-state index in [1.165, 1.54) is 0 Å². The van der Waals surface area contributed by atoms with Gasteiger partial charge >= 0.3 is 0 Å². The maximum atomic E-state index is 11.2. The Hall–Kier alpha value is -1.39. The second kappa shape index (κ2) is 4.85. The third-order valence-electron chi connectivity index (χ3n) is 3.24. The van der Waals surface area contributed by atoms with Gasteiger partial charge < -0.3 is 16.8 Å². The Morgan fingerprint density at radius 3 is 2.94 bits per heavy atom. The number of hydrogen-bond acceptors (Lipinski definition) is 3. The third kappa shape index (κ3) is 2.65. The van der Waals surface area contributed by atoms with Crippen molar-refractivity contribution >= 4 is 11.6 Å². The number of fused-ring (bicyclic) bond motifs is 1. The fourth-order valence-corrected chi connectivity index (χ4v) is 2.15. The average Bonchev–Trinajstić information content (AvgIpc) is 2.67. The normalized spacial score (nSPS) is 17.5. The first-order valence-corrected chi connectivity index (χ1v) is 5.98. The summed E-state index contributed by atoms with van der Waals surface area (Å²) in [5, 5.41) is 2.82. The molecule has 0 radical (unpaired) electrons. The van der Waals surface area contributed by atoms with Crippen LogP contribution in [0.15, 0.2) is 18.2 Å². The molecule has 1 aliphatic rings. The van der Waals surface area contributed by atoms with Gasteiger partial charge in [0.2, 0.25) is 5.91 Å². The van der Waals surface area contributed by atoms with E-state index >= 15 is 0 Å². The van der Waals surface area contributed by atoms with Gasteiger partial charge in [-0.05, 0) is 36.1 Å². The predicted molar refractivity (Wildman–Crippen MR) is 68.5 cm³/mol. The summed E-state index contributed by atoms with van der Waals surface area (Å²) in [6.07, 6.45) is 1.33. The number of amides is 1. The lowest BCUT2D eigenvalue weighted by Crippen LogP contribution is -2.19. The fourth-order valence-electron chi connectivity index (χ4n) is 2.15. The van der Waals surface area contributed by atoms with E-state index in [0.29, 0.717) is 18.9 Å². The van der Waals surface area contributed by atoms with E-state index in [1.807, 2.05) is 18.2 Å². The highest BCUT2D eigenvalue weighted by atomic mass is 16.1. The number of carbonyl (C=O) groups is 1. The van der Waals surface area contributed by atoms with Crippen LogP contribution in [0.5, 0.6) is 0 Å². The van der Waals surface area contributed by atoms with Crippen molar-refractivity contribution in [3.63, 3.8) is 0 Å². The van der Waals surface area contributed by atoms with E-state index in [2.05, 4.69) is 12.2 Å². The number of anilines is 1. The molecule has 5 N–H and O–H groups in total. The van der Waals surface area contributed by atoms with Crippen LogP contribution in [-0.2, 0) is 11.2 Å². The van der Waals surface area contributed by atoms with Crippen molar-refractivity contribution in [2.24, 2.45) is 17.4 Å². The molecule has 0 fully saturated rings. The molecule has 1 aromatic carbocycles. The Morgan fingerprint density at radius 1 is 1.47 bits per heavy atom. The van der Waals surface area contributed by atoms with E-state index < -0.39 is 0 Å². The van der Waals surface area contributed by atoms with Gasteiger partial charge in [0.1, 0.15) is 0 Å². The molecule has 0 saturated carbocycles. The van der Waals surface area contributed by atoms with E-state index in [0.717, 1.165) is 23.2 Å². The highest BCUT2D eigenvalue weighted by molar-refractivity contribution is 5.99. The molecular weight excluding hydrogens is 214 g/mol. The predicted octanol–water partition coefficient (Wildman–Crippen LogP) is 1.17. The van der Waals surface area contributed by atoms with Crippen LogP contribution in [0.25, 0.3) is 0 Å². The monoisotopic (exact) mass is 233 g/mol. The van der Waals surface area contributed by atoms with Crippen LogP contribution in [0.2, 0.25) is 0 Å². The molecule has 4 nitrogen and oxygen atoms in total. The lowest BCUT2D eigenvalue weighted by atomic mass is 9.95. The Morgan fingerprint density at radius 2 is 2.24 bits per heavy atom. The van der Waals surface area contributed by atoms with Gasteiger partial charge in [0.15, 0.2) is 0 Å². The van der Waals surface area contributed by atoms with Crippen LogP contribution in [0, 0.1) is 5.92 Å². The molecule has 0 aromatic heterocycles. The Labute approximate surface area is 101 Å². The number of benzene rings is 1. The molecule has 17 heavy (non-hydrogen) atoms. The molecule has 0 bridgehead atoms. The van der Waals surface area contributed by atoms with Gasteiger partial charge in [0.25, 0.3) is 0 Å². The average molecular weight is 233 g/mol. The summed E-state index contributed by atoms with van der Waals surface area (Å²) >= 11 is 0. The SMILES string of the molecule is CC(CN)CC(N)c1ccc2c(c1)CC(=O)N2. The van der Waals surface area contributed by atoms with Crippen LogP contribution < -0.4 is 16.8 Å². The minimum absolute atomic E-state index is 0.00504. The second-order valence-corrected chi connectivity index (χ2v) is 4.82. The smallest absolute Gasteiger partial charge is 0.228 e. The Bertz CT molecular complexity index is 431. The van der Waals surface area contributed by atoms with Gasteiger partial charge in [-0.3, -0.25) is 4.79 Å². The molecule has 2 rings (SSSR count). The standard InChI is InChI=1S/C13H19N3O/c1-8(7-14)4-11(15)9-2-3-12-10(5-9)6-13(17)16-12/h2-3,5,8,11H,4,6-7,14-15H2,1H3,(H,16,17). The molecule has 1 aromatic rings. The molecule has 2 atom stereocenters. The van der Waals surface area contributed by atoms with Gasteiger partial charge in [-0.2, -0.15) is 0 Å². The number of hydrogen-bond donors (Lipinski definition) is 3. The van der Waals surface area contributed by atoms with Crippen LogP contribution in [-0.4, -0.2) is 12.5 Å². The molecule has 0 spiro atoms. The Balaban J connectivity index is 2.12. The molecule has 4 heteroatoms. The molecule has 1 heterocycles. The maximum absolute atomic E-state index is 11.2. The molecule has 1 amide bonds. The second-order valence-electron chi connectivity index (χ2n) is 4.82. The lowest BCUT2D eigenvalue weighted by molar-refractivity contribution is -0.115. The van der Waals surface area contributed by atoms with Crippen LogP contribution in [0.1, 0.15) is 30.5 Å². The highest BCUT2D eigenvalue weighted by Crippen LogP contribution is 2.27. The van der Waals surface area contributed by atoms with E-state index in [1.54, 1.807) is 0 Å². The van der Waals surface area contributed by atoms with Crippen molar-refractivity contribution in [3.05, 3.63) is 29.3 Å². The fraction of sp³-hybridized carbons (Fsp3) is 0.462. The number of nitrogens with one attached hydrogen (secondary N) is 1. The van der Waals surface area contributed by atoms with E-state index in [9.17, 15) is 4.79 Å². The first-order chi connectivity index (χ1) is 8.10. The van der Waals surface area contributed by atoms with Gasteiger partial charge in [0.05, 0.1) is 6.42 Å². The van der Waals surface area contributed by atoms with Crippen molar-refractivity contribution in [2.75, 3.05) is 11.9 Å². The van der Waals surface area contributed by atoms with E-state index in [4.69, 9.17) is 11.5 Å². The van der Waals surface area contributed by atoms with Crippen LogP contribution >= 0.6 is 0 Å². The maximum Gasteiger partial charge on any atom is 0.228 e. The Kier molecular flexibility index (Phi) is 3.45. The third-order valence-corrected chi connectivity index (χ3v) is 3.24. The number of carbonyl (C=O) groups excluding carboxylic acids is 1. The topological polar surface area (TPSA) is 81.1 Å². The summed E-state index contributed by atoms with van der Waals surface area (Å²) in [6.45, 7) is 2.75. The van der Waals surface area contributed by atoms with Crippen molar-refractivity contribution < 1.29 is 4.79 Å². The summed E-state index contributed by atoms with van der Waals surface area (Å²) in [5.74, 6) is 0.471. The summed E-state index contributed by atoms with van der Waals surface area (Å²) in [6, 6.07) is 5.94. The zero-order chi connectivity index (χ0) is 12.4. The zero-order valence-electron chi connectivity index (χ0n) is 10.1. The molecule has 1 aliphatic heterocycles. The van der Waals surface area contributed by atoms with Crippen molar-refractivity contribution in [1.82, 2.24) is 0 Å². The summed E-state index contributed by atoms with van der Waals surface area (Å²) in [5.41, 5.74) is 14.8. The number of rotatable bonds is 4. The number of nitrogens with two attached hydrogens (primary N) is 2. The highest BCUT2D eigenvalue weighted by Gasteiger charge is 2.19. The minimum atomic E-state index is -0.00504. The van der Waals surface area contributed by atoms with Crippen LogP contribution in [0.4, 0.5) is 5.69 Å². The first kappa shape index (κ1) is 12.1. The zero-order valence-corrected chi connectivity index (χ0v) is 10.1. The van der Waals surface area contributed by atoms with Gasteiger partial charge in [-0.1, -0.05) is 19.1 Å². The molecule has 0 saturated heterocycles.